The zero-order valence-electron chi connectivity index (χ0n) is 20.4. The van der Waals surface area contributed by atoms with Gasteiger partial charge in [0.15, 0.2) is 11.5 Å². The Kier molecular flexibility index (Phi) is 10.2. The molecule has 1 fully saturated rings. The maximum atomic E-state index is 13.8. The monoisotopic (exact) mass is 488 g/mol. The number of carbonyl (C=O) groups excluding carboxylic acids is 2. The molecular formula is C26H36N2O5S. The van der Waals surface area contributed by atoms with Gasteiger partial charge in [0.2, 0.25) is 5.91 Å². The predicted molar refractivity (Wildman–Crippen MR) is 134 cm³/mol. The van der Waals surface area contributed by atoms with Crippen molar-refractivity contribution in [3.05, 3.63) is 46.2 Å². The van der Waals surface area contributed by atoms with E-state index in [0.717, 1.165) is 25.7 Å². The van der Waals surface area contributed by atoms with E-state index < -0.39 is 6.04 Å². The van der Waals surface area contributed by atoms with Gasteiger partial charge in [0, 0.05) is 25.8 Å². The topological polar surface area (TPSA) is 77.1 Å². The highest BCUT2D eigenvalue weighted by Gasteiger charge is 2.34. The summed E-state index contributed by atoms with van der Waals surface area (Å²) < 4.78 is 16.4. The highest BCUT2D eigenvalue weighted by molar-refractivity contribution is 7.12. The van der Waals surface area contributed by atoms with Crippen LogP contribution in [0.1, 0.15) is 66.7 Å². The molecule has 8 heteroatoms. The Morgan fingerprint density at radius 2 is 1.88 bits per heavy atom. The molecule has 0 saturated heterocycles. The number of nitrogens with one attached hydrogen (secondary N) is 1. The van der Waals surface area contributed by atoms with Gasteiger partial charge in [-0.15, -0.1) is 11.3 Å². The van der Waals surface area contributed by atoms with Crippen LogP contribution in [0.4, 0.5) is 0 Å². The van der Waals surface area contributed by atoms with Crippen molar-refractivity contribution in [3.8, 4) is 11.5 Å². The van der Waals surface area contributed by atoms with Crippen LogP contribution in [-0.2, 0) is 9.53 Å². The second kappa shape index (κ2) is 13.3. The van der Waals surface area contributed by atoms with Gasteiger partial charge in [-0.3, -0.25) is 9.59 Å². The van der Waals surface area contributed by atoms with Gasteiger partial charge in [0.1, 0.15) is 6.04 Å². The number of hydrogen-bond donors (Lipinski definition) is 1. The maximum absolute atomic E-state index is 13.8. The van der Waals surface area contributed by atoms with Crippen LogP contribution in [-0.4, -0.2) is 56.7 Å². The number of ether oxygens (including phenoxy) is 3. The number of methoxy groups -OCH3 is 2. The molecule has 2 aromatic rings. The second-order valence-electron chi connectivity index (χ2n) is 8.39. The number of amides is 2. The van der Waals surface area contributed by atoms with Crippen LogP contribution in [0.3, 0.4) is 0 Å². The van der Waals surface area contributed by atoms with Gasteiger partial charge in [-0.05, 0) is 55.3 Å². The molecule has 0 radical (unpaired) electrons. The van der Waals surface area contributed by atoms with Crippen LogP contribution in [0, 0.1) is 0 Å². The molecule has 1 saturated carbocycles. The summed E-state index contributed by atoms with van der Waals surface area (Å²) in [6.07, 6.45) is 5.98. The molecule has 7 nitrogen and oxygen atoms in total. The van der Waals surface area contributed by atoms with Crippen LogP contribution in [0.2, 0.25) is 0 Å². The molecule has 1 N–H and O–H groups in total. The molecular weight excluding hydrogens is 452 g/mol. The molecule has 1 aromatic heterocycles. The van der Waals surface area contributed by atoms with E-state index in [2.05, 4.69) is 5.32 Å². The second-order valence-corrected chi connectivity index (χ2v) is 9.33. The number of benzene rings is 1. The zero-order chi connectivity index (χ0) is 24.3. The van der Waals surface area contributed by atoms with E-state index in [-0.39, 0.29) is 17.9 Å². The Balaban J connectivity index is 1.97. The summed E-state index contributed by atoms with van der Waals surface area (Å²) in [6, 6.07) is 8.40. The highest BCUT2D eigenvalue weighted by Crippen LogP contribution is 2.33. The zero-order valence-corrected chi connectivity index (χ0v) is 21.2. The summed E-state index contributed by atoms with van der Waals surface area (Å²) in [4.78, 5) is 29.7. The van der Waals surface area contributed by atoms with Gasteiger partial charge < -0.3 is 24.4 Å². The summed E-state index contributed by atoms with van der Waals surface area (Å²) in [5.74, 6) is 0.768. The normalized spacial score (nSPS) is 14.9. The Labute approximate surface area is 206 Å². The largest absolute Gasteiger partial charge is 0.493 e. The molecule has 0 bridgehead atoms. The first-order chi connectivity index (χ1) is 16.6. The Morgan fingerprint density at radius 1 is 1.12 bits per heavy atom. The third-order valence-corrected chi connectivity index (χ3v) is 6.98. The van der Waals surface area contributed by atoms with Crippen molar-refractivity contribution >= 4 is 23.2 Å². The maximum Gasteiger partial charge on any atom is 0.264 e. The molecule has 1 aromatic carbocycles. The quantitative estimate of drug-likeness (QED) is 0.433. The van der Waals surface area contributed by atoms with Crippen LogP contribution in [0.25, 0.3) is 0 Å². The van der Waals surface area contributed by atoms with Crippen molar-refractivity contribution in [2.24, 2.45) is 0 Å². The predicted octanol–water partition coefficient (Wildman–Crippen LogP) is 4.82. The molecule has 3 rings (SSSR count). The minimum atomic E-state index is -0.794. The molecule has 1 aliphatic carbocycles. The molecule has 34 heavy (non-hydrogen) atoms. The minimum Gasteiger partial charge on any atom is -0.493 e. The molecule has 1 heterocycles. The smallest absolute Gasteiger partial charge is 0.264 e. The van der Waals surface area contributed by atoms with E-state index in [9.17, 15) is 9.59 Å². The lowest BCUT2D eigenvalue weighted by Crippen LogP contribution is -2.47. The number of rotatable bonds is 12. The number of hydrogen-bond acceptors (Lipinski definition) is 6. The van der Waals surface area contributed by atoms with Crippen molar-refractivity contribution in [3.63, 3.8) is 0 Å². The third kappa shape index (κ3) is 6.73. The van der Waals surface area contributed by atoms with Crippen LogP contribution in [0.15, 0.2) is 35.7 Å². The Bertz CT molecular complexity index is 912. The first-order valence-corrected chi connectivity index (χ1v) is 12.9. The van der Waals surface area contributed by atoms with E-state index in [4.69, 9.17) is 14.2 Å². The molecule has 1 aliphatic rings. The average Bonchev–Trinajstić information content (AvgIpc) is 3.41. The van der Waals surface area contributed by atoms with Gasteiger partial charge in [-0.2, -0.15) is 0 Å². The van der Waals surface area contributed by atoms with Crippen molar-refractivity contribution in [1.82, 2.24) is 10.2 Å². The van der Waals surface area contributed by atoms with Gasteiger partial charge in [0.05, 0.1) is 19.1 Å². The first kappa shape index (κ1) is 26.0. The fraction of sp³-hybridized carbons (Fsp3) is 0.538. The van der Waals surface area contributed by atoms with Crippen LogP contribution >= 0.6 is 11.3 Å². The van der Waals surface area contributed by atoms with E-state index in [1.807, 2.05) is 24.4 Å². The van der Waals surface area contributed by atoms with Crippen LogP contribution < -0.4 is 14.8 Å². The molecule has 0 aliphatic heterocycles. The van der Waals surface area contributed by atoms with Crippen molar-refractivity contribution in [1.29, 1.82) is 0 Å². The summed E-state index contributed by atoms with van der Waals surface area (Å²) in [5, 5.41) is 5.11. The highest BCUT2D eigenvalue weighted by atomic mass is 32.1. The summed E-state index contributed by atoms with van der Waals surface area (Å²) in [5.41, 5.74) is 0.687. The van der Waals surface area contributed by atoms with Gasteiger partial charge in [-0.25, -0.2) is 0 Å². The van der Waals surface area contributed by atoms with Crippen molar-refractivity contribution < 1.29 is 23.8 Å². The fourth-order valence-corrected chi connectivity index (χ4v) is 5.07. The summed E-state index contributed by atoms with van der Waals surface area (Å²) in [6.45, 7) is 3.47. The van der Waals surface area contributed by atoms with Crippen molar-refractivity contribution in [2.45, 2.75) is 57.5 Å². The molecule has 0 spiro atoms. The lowest BCUT2D eigenvalue weighted by atomic mass is 9.94. The molecule has 186 valence electrons. The third-order valence-electron chi connectivity index (χ3n) is 6.12. The van der Waals surface area contributed by atoms with E-state index >= 15 is 0 Å². The minimum absolute atomic E-state index is 0.131. The Hall–Kier alpha value is -2.58. The summed E-state index contributed by atoms with van der Waals surface area (Å²) >= 11 is 1.38. The van der Waals surface area contributed by atoms with Gasteiger partial charge in [-0.1, -0.05) is 31.4 Å². The number of nitrogens with zero attached hydrogens (tertiary/aromatic N) is 1. The average molecular weight is 489 g/mol. The van der Waals surface area contributed by atoms with Crippen molar-refractivity contribution in [2.75, 3.05) is 34.0 Å². The summed E-state index contributed by atoms with van der Waals surface area (Å²) in [7, 11) is 3.14. The standard InChI is InChI=1S/C26H36N2O5S/c1-4-33-16-9-15-28(26(30)23-12-8-17-34-23)24(25(29)27-20-10-6-5-7-11-20)19-13-14-21(31-2)22(18-19)32-3/h8,12-14,17-18,20,24H,4-7,9-11,15-16H2,1-3H3,(H,27,29)/t24-/m0/s1. The van der Waals surface area contributed by atoms with E-state index in [0.29, 0.717) is 48.1 Å². The lowest BCUT2D eigenvalue weighted by molar-refractivity contribution is -0.127. The fourth-order valence-electron chi connectivity index (χ4n) is 4.39. The van der Waals surface area contributed by atoms with Gasteiger partial charge in [0.25, 0.3) is 5.91 Å². The van der Waals surface area contributed by atoms with Gasteiger partial charge >= 0.3 is 0 Å². The first-order valence-electron chi connectivity index (χ1n) is 12.0. The van der Waals surface area contributed by atoms with Crippen LogP contribution in [0.5, 0.6) is 11.5 Å². The van der Waals surface area contributed by atoms with E-state index in [1.165, 1.54) is 17.8 Å². The Morgan fingerprint density at radius 3 is 2.53 bits per heavy atom. The SMILES string of the molecule is CCOCCCN(C(=O)c1cccs1)[C@H](C(=O)NC1CCCCC1)c1ccc(OC)c(OC)c1. The molecule has 1 atom stereocenters. The number of carbonyl (C=O) groups is 2. The number of thiophene rings is 1. The van der Waals surface area contributed by atoms with E-state index in [1.54, 1.807) is 37.3 Å². The lowest BCUT2D eigenvalue weighted by Gasteiger charge is -2.33. The molecule has 0 unspecified atom stereocenters. The molecule has 2 amide bonds.